The van der Waals surface area contributed by atoms with Crippen LogP contribution in [0.15, 0.2) is 36.7 Å². The zero-order valence-corrected chi connectivity index (χ0v) is 14.9. The molecular weight excluding hydrogens is 302 g/mol. The number of amides is 2. The predicted molar refractivity (Wildman–Crippen MR) is 94.6 cm³/mol. The highest BCUT2D eigenvalue weighted by Crippen LogP contribution is 2.28. The fourth-order valence-electron chi connectivity index (χ4n) is 2.94. The molecule has 6 heteroatoms. The summed E-state index contributed by atoms with van der Waals surface area (Å²) in [5, 5.41) is 13.7. The number of hydrogen-bond donors (Lipinski definition) is 2. The van der Waals surface area contributed by atoms with E-state index in [1.54, 1.807) is 6.33 Å². The molecule has 0 fully saturated rings. The van der Waals surface area contributed by atoms with Gasteiger partial charge < -0.3 is 15.2 Å². The highest BCUT2D eigenvalue weighted by molar-refractivity contribution is 5.74. The van der Waals surface area contributed by atoms with E-state index in [2.05, 4.69) is 46.8 Å². The van der Waals surface area contributed by atoms with Crippen LogP contribution in [-0.4, -0.2) is 26.8 Å². The Hall–Kier alpha value is -2.37. The molecular formula is C18H27N5O. The average Bonchev–Trinajstić information content (AvgIpc) is 3.00. The number of hydrogen-bond acceptors (Lipinski definition) is 3. The minimum atomic E-state index is -0.183. The first kappa shape index (κ1) is 18.0. The first-order valence-corrected chi connectivity index (χ1v) is 8.39. The van der Waals surface area contributed by atoms with Crippen molar-refractivity contribution in [2.24, 2.45) is 0 Å². The largest absolute Gasteiger partial charge is 0.336 e. The molecule has 1 heterocycles. The van der Waals surface area contributed by atoms with Gasteiger partial charge in [0.25, 0.3) is 0 Å². The number of aryl methyl sites for hydroxylation is 1. The van der Waals surface area contributed by atoms with Crippen LogP contribution in [-0.2, 0) is 18.5 Å². The van der Waals surface area contributed by atoms with Gasteiger partial charge in [-0.15, -0.1) is 10.2 Å². The van der Waals surface area contributed by atoms with E-state index in [4.69, 9.17) is 0 Å². The number of urea groups is 1. The van der Waals surface area contributed by atoms with E-state index in [0.717, 1.165) is 18.8 Å². The second kappa shape index (κ2) is 7.95. The third-order valence-corrected chi connectivity index (χ3v) is 4.19. The Morgan fingerprint density at radius 2 is 2.00 bits per heavy atom. The quantitative estimate of drug-likeness (QED) is 0.820. The molecule has 0 aliphatic heterocycles. The molecule has 0 radical (unpaired) electrons. The summed E-state index contributed by atoms with van der Waals surface area (Å²) < 4.78 is 1.90. The van der Waals surface area contributed by atoms with Crippen LogP contribution in [0.3, 0.4) is 0 Å². The maximum absolute atomic E-state index is 12.1. The normalized spacial score (nSPS) is 12.7. The van der Waals surface area contributed by atoms with Crippen molar-refractivity contribution in [1.29, 1.82) is 0 Å². The van der Waals surface area contributed by atoms with Crippen molar-refractivity contribution in [3.8, 4) is 0 Å². The predicted octanol–water partition coefficient (Wildman–Crippen LogP) is 2.85. The Balaban J connectivity index is 1.83. The van der Waals surface area contributed by atoms with Crippen molar-refractivity contribution in [3.63, 3.8) is 0 Å². The van der Waals surface area contributed by atoms with E-state index in [-0.39, 0.29) is 17.5 Å². The van der Waals surface area contributed by atoms with Crippen molar-refractivity contribution >= 4 is 6.03 Å². The van der Waals surface area contributed by atoms with Crippen LogP contribution in [0.25, 0.3) is 0 Å². The number of benzene rings is 1. The molecule has 1 aromatic heterocycles. The molecule has 0 aliphatic carbocycles. The van der Waals surface area contributed by atoms with E-state index in [9.17, 15) is 4.79 Å². The molecule has 130 valence electrons. The fraction of sp³-hybridized carbons (Fsp3) is 0.500. The van der Waals surface area contributed by atoms with E-state index in [1.807, 2.05) is 36.6 Å². The van der Waals surface area contributed by atoms with Gasteiger partial charge in [0, 0.05) is 12.6 Å². The summed E-state index contributed by atoms with van der Waals surface area (Å²) in [7, 11) is 0. The van der Waals surface area contributed by atoms with Crippen LogP contribution in [0.4, 0.5) is 4.79 Å². The molecule has 0 saturated carbocycles. The minimum absolute atomic E-state index is 0.00363. The lowest BCUT2D eigenvalue weighted by Crippen LogP contribution is -2.43. The molecule has 1 aromatic carbocycles. The molecule has 0 spiro atoms. The molecule has 2 N–H and O–H groups in total. The summed E-state index contributed by atoms with van der Waals surface area (Å²) in [4.78, 5) is 12.1. The second-order valence-electron chi connectivity index (χ2n) is 6.72. The van der Waals surface area contributed by atoms with Gasteiger partial charge in [0.15, 0.2) is 5.82 Å². The maximum Gasteiger partial charge on any atom is 0.315 e. The number of aromatic nitrogens is 3. The summed E-state index contributed by atoms with van der Waals surface area (Å²) in [6.45, 7) is 9.59. The highest BCUT2D eigenvalue weighted by atomic mass is 16.2. The topological polar surface area (TPSA) is 71.8 Å². The SMILES string of the molecule is CCn1cnnc1CNC(=O)N[C@@H](C)CC(C)(C)c1ccccc1. The summed E-state index contributed by atoms with van der Waals surface area (Å²) in [5.41, 5.74) is 1.27. The van der Waals surface area contributed by atoms with Crippen LogP contribution >= 0.6 is 0 Å². The van der Waals surface area contributed by atoms with E-state index >= 15 is 0 Å². The summed E-state index contributed by atoms with van der Waals surface area (Å²) in [5.74, 6) is 0.755. The van der Waals surface area contributed by atoms with Crippen LogP contribution < -0.4 is 10.6 Å². The van der Waals surface area contributed by atoms with E-state index in [1.165, 1.54) is 5.56 Å². The van der Waals surface area contributed by atoms with Gasteiger partial charge in [-0.3, -0.25) is 0 Å². The summed E-state index contributed by atoms with van der Waals surface area (Å²) >= 11 is 0. The Morgan fingerprint density at radius 3 is 2.67 bits per heavy atom. The molecule has 1 atom stereocenters. The molecule has 2 rings (SSSR count). The molecule has 0 bridgehead atoms. The molecule has 0 saturated heterocycles. The lowest BCUT2D eigenvalue weighted by atomic mass is 9.79. The number of carbonyl (C=O) groups excluding carboxylic acids is 1. The van der Waals surface area contributed by atoms with Gasteiger partial charge in [-0.05, 0) is 31.2 Å². The van der Waals surface area contributed by atoms with Gasteiger partial charge in [-0.1, -0.05) is 44.2 Å². The van der Waals surface area contributed by atoms with Crippen LogP contribution in [0, 0.1) is 0 Å². The van der Waals surface area contributed by atoms with Gasteiger partial charge in [0.05, 0.1) is 6.54 Å². The molecule has 2 amide bonds. The zero-order chi connectivity index (χ0) is 17.6. The van der Waals surface area contributed by atoms with Crippen molar-refractivity contribution in [1.82, 2.24) is 25.4 Å². The van der Waals surface area contributed by atoms with Crippen LogP contribution in [0.1, 0.15) is 45.5 Å². The van der Waals surface area contributed by atoms with E-state index < -0.39 is 0 Å². The molecule has 2 aromatic rings. The maximum atomic E-state index is 12.1. The Kier molecular flexibility index (Phi) is 5.95. The first-order valence-electron chi connectivity index (χ1n) is 8.39. The minimum Gasteiger partial charge on any atom is -0.336 e. The fourth-order valence-corrected chi connectivity index (χ4v) is 2.94. The smallest absolute Gasteiger partial charge is 0.315 e. The highest BCUT2D eigenvalue weighted by Gasteiger charge is 2.24. The van der Waals surface area contributed by atoms with Crippen molar-refractivity contribution in [3.05, 3.63) is 48.0 Å². The standard InChI is InChI=1S/C18H27N5O/c1-5-23-13-20-22-16(23)12-19-17(24)21-14(2)11-18(3,4)15-9-7-6-8-10-15/h6-10,13-14H,5,11-12H2,1-4H3,(H2,19,21,24)/t14-/m0/s1. The lowest BCUT2D eigenvalue weighted by molar-refractivity contribution is 0.234. The third kappa shape index (κ3) is 4.81. The summed E-state index contributed by atoms with van der Waals surface area (Å²) in [6.07, 6.45) is 2.52. The Labute approximate surface area is 143 Å². The van der Waals surface area contributed by atoms with Crippen LogP contribution in [0.2, 0.25) is 0 Å². The van der Waals surface area contributed by atoms with Gasteiger partial charge >= 0.3 is 6.03 Å². The summed E-state index contributed by atoms with van der Waals surface area (Å²) in [6, 6.07) is 10.2. The molecule has 24 heavy (non-hydrogen) atoms. The molecule has 0 unspecified atom stereocenters. The van der Waals surface area contributed by atoms with Crippen molar-refractivity contribution in [2.75, 3.05) is 0 Å². The van der Waals surface area contributed by atoms with E-state index in [0.29, 0.717) is 6.54 Å². The van der Waals surface area contributed by atoms with Crippen molar-refractivity contribution in [2.45, 2.75) is 58.7 Å². The number of carbonyl (C=O) groups is 1. The van der Waals surface area contributed by atoms with Gasteiger partial charge in [0.1, 0.15) is 6.33 Å². The van der Waals surface area contributed by atoms with Gasteiger partial charge in [0.2, 0.25) is 0 Å². The molecule has 0 aliphatic rings. The molecule has 6 nitrogen and oxygen atoms in total. The van der Waals surface area contributed by atoms with Crippen LogP contribution in [0.5, 0.6) is 0 Å². The lowest BCUT2D eigenvalue weighted by Gasteiger charge is -2.29. The Bertz CT molecular complexity index is 650. The van der Waals surface area contributed by atoms with Gasteiger partial charge in [-0.25, -0.2) is 4.79 Å². The zero-order valence-electron chi connectivity index (χ0n) is 14.9. The number of rotatable bonds is 7. The van der Waals surface area contributed by atoms with Crippen molar-refractivity contribution < 1.29 is 4.79 Å². The second-order valence-corrected chi connectivity index (χ2v) is 6.72. The van der Waals surface area contributed by atoms with Gasteiger partial charge in [-0.2, -0.15) is 0 Å². The average molecular weight is 329 g/mol. The first-order chi connectivity index (χ1) is 11.4. The Morgan fingerprint density at radius 1 is 1.29 bits per heavy atom. The third-order valence-electron chi connectivity index (χ3n) is 4.19. The number of nitrogens with one attached hydrogen (secondary N) is 2. The number of nitrogens with zero attached hydrogens (tertiary/aromatic N) is 3. The monoisotopic (exact) mass is 329 g/mol.